The predicted molar refractivity (Wildman–Crippen MR) is 103 cm³/mol. The van der Waals surface area contributed by atoms with Gasteiger partial charge in [0, 0.05) is 31.7 Å². The molecule has 2 heterocycles. The van der Waals surface area contributed by atoms with Crippen LogP contribution >= 0.6 is 0 Å². The SMILES string of the molecule is Cc1nn(C)c2ncc(C(=O)NCCCN(C)Cc3ccccc3)cc12. The molecule has 136 valence electrons. The Balaban J connectivity index is 1.47. The summed E-state index contributed by atoms with van der Waals surface area (Å²) in [6, 6.07) is 12.2. The molecule has 0 unspecified atom stereocenters. The van der Waals surface area contributed by atoms with Gasteiger partial charge < -0.3 is 10.2 Å². The quantitative estimate of drug-likeness (QED) is 0.665. The summed E-state index contributed by atoms with van der Waals surface area (Å²) in [5.74, 6) is -0.0895. The molecule has 3 rings (SSSR count). The Hall–Kier alpha value is -2.73. The number of aryl methyl sites for hydroxylation is 2. The number of benzene rings is 1. The monoisotopic (exact) mass is 351 g/mol. The molecule has 2 aromatic heterocycles. The molecule has 0 radical (unpaired) electrons. The van der Waals surface area contributed by atoms with Gasteiger partial charge in [-0.2, -0.15) is 5.10 Å². The maximum absolute atomic E-state index is 12.4. The number of rotatable bonds is 7. The first-order valence-electron chi connectivity index (χ1n) is 8.84. The van der Waals surface area contributed by atoms with E-state index in [9.17, 15) is 4.79 Å². The van der Waals surface area contributed by atoms with Crippen LogP contribution in [0.5, 0.6) is 0 Å². The predicted octanol–water partition coefficient (Wildman–Crippen LogP) is 2.53. The summed E-state index contributed by atoms with van der Waals surface area (Å²) >= 11 is 0. The molecule has 6 heteroatoms. The number of carbonyl (C=O) groups excluding carboxylic acids is 1. The van der Waals surface area contributed by atoms with Gasteiger partial charge in [0.05, 0.1) is 11.3 Å². The minimum absolute atomic E-state index is 0.0895. The van der Waals surface area contributed by atoms with Crippen LogP contribution in [0.2, 0.25) is 0 Å². The van der Waals surface area contributed by atoms with Gasteiger partial charge in [-0.05, 0) is 38.6 Å². The van der Waals surface area contributed by atoms with Crippen LogP contribution in [-0.4, -0.2) is 45.7 Å². The highest BCUT2D eigenvalue weighted by molar-refractivity contribution is 5.97. The van der Waals surface area contributed by atoms with Crippen LogP contribution < -0.4 is 5.32 Å². The summed E-state index contributed by atoms with van der Waals surface area (Å²) in [4.78, 5) is 19.0. The van der Waals surface area contributed by atoms with Gasteiger partial charge in [0.15, 0.2) is 5.65 Å². The van der Waals surface area contributed by atoms with Crippen LogP contribution in [0.1, 0.15) is 28.0 Å². The number of hydrogen-bond acceptors (Lipinski definition) is 4. The lowest BCUT2D eigenvalue weighted by Gasteiger charge is -2.16. The molecule has 3 aromatic rings. The van der Waals surface area contributed by atoms with E-state index in [1.54, 1.807) is 10.9 Å². The van der Waals surface area contributed by atoms with Gasteiger partial charge in [-0.1, -0.05) is 30.3 Å². The van der Waals surface area contributed by atoms with Crippen LogP contribution in [0.3, 0.4) is 0 Å². The van der Waals surface area contributed by atoms with Crippen molar-refractivity contribution in [3.63, 3.8) is 0 Å². The number of hydrogen-bond donors (Lipinski definition) is 1. The molecule has 0 saturated carbocycles. The van der Waals surface area contributed by atoms with Gasteiger partial charge in [0.25, 0.3) is 5.91 Å². The lowest BCUT2D eigenvalue weighted by Crippen LogP contribution is -2.28. The van der Waals surface area contributed by atoms with E-state index in [1.807, 2.05) is 26.1 Å². The average molecular weight is 351 g/mol. The van der Waals surface area contributed by atoms with Crippen molar-refractivity contribution < 1.29 is 4.79 Å². The van der Waals surface area contributed by atoms with Crippen LogP contribution in [0.15, 0.2) is 42.6 Å². The second-order valence-electron chi connectivity index (χ2n) is 6.64. The van der Waals surface area contributed by atoms with Crippen LogP contribution in [0.25, 0.3) is 11.0 Å². The van der Waals surface area contributed by atoms with Crippen molar-refractivity contribution in [2.75, 3.05) is 20.1 Å². The molecule has 6 nitrogen and oxygen atoms in total. The van der Waals surface area contributed by atoms with E-state index < -0.39 is 0 Å². The Labute approximate surface area is 153 Å². The zero-order valence-corrected chi connectivity index (χ0v) is 15.6. The molecule has 0 atom stereocenters. The highest BCUT2D eigenvalue weighted by atomic mass is 16.1. The van der Waals surface area contributed by atoms with Crippen molar-refractivity contribution in [3.8, 4) is 0 Å². The van der Waals surface area contributed by atoms with E-state index in [2.05, 4.69) is 51.6 Å². The molecule has 0 fully saturated rings. The van der Waals surface area contributed by atoms with Crippen LogP contribution in [0.4, 0.5) is 0 Å². The van der Waals surface area contributed by atoms with Crippen molar-refractivity contribution >= 4 is 16.9 Å². The van der Waals surface area contributed by atoms with Gasteiger partial charge >= 0.3 is 0 Å². The zero-order chi connectivity index (χ0) is 18.5. The molecule has 26 heavy (non-hydrogen) atoms. The van der Waals surface area contributed by atoms with Gasteiger partial charge in [-0.25, -0.2) is 4.98 Å². The molecule has 0 aliphatic heterocycles. The number of aromatic nitrogens is 3. The fourth-order valence-corrected chi connectivity index (χ4v) is 3.06. The lowest BCUT2D eigenvalue weighted by atomic mass is 10.2. The highest BCUT2D eigenvalue weighted by Gasteiger charge is 2.11. The summed E-state index contributed by atoms with van der Waals surface area (Å²) in [6.07, 6.45) is 2.51. The molecule has 0 aliphatic carbocycles. The number of fused-ring (bicyclic) bond motifs is 1. The first kappa shape index (κ1) is 18.1. The lowest BCUT2D eigenvalue weighted by molar-refractivity contribution is 0.0951. The highest BCUT2D eigenvalue weighted by Crippen LogP contribution is 2.16. The first-order valence-corrected chi connectivity index (χ1v) is 8.84. The van der Waals surface area contributed by atoms with Crippen molar-refractivity contribution in [2.45, 2.75) is 19.9 Å². The minimum atomic E-state index is -0.0895. The molecular weight excluding hydrogens is 326 g/mol. The summed E-state index contributed by atoms with van der Waals surface area (Å²) < 4.78 is 1.73. The van der Waals surface area contributed by atoms with Crippen LogP contribution in [-0.2, 0) is 13.6 Å². The van der Waals surface area contributed by atoms with Gasteiger partial charge in [-0.3, -0.25) is 9.48 Å². The van der Waals surface area contributed by atoms with E-state index in [0.29, 0.717) is 12.1 Å². The van der Waals surface area contributed by atoms with Gasteiger partial charge in [0.2, 0.25) is 0 Å². The van der Waals surface area contributed by atoms with E-state index in [4.69, 9.17) is 0 Å². The third-order valence-electron chi connectivity index (χ3n) is 4.42. The standard InChI is InChI=1S/C20H25N5O/c1-15-18-12-17(13-22-19(18)25(3)23-15)20(26)21-10-7-11-24(2)14-16-8-5-4-6-9-16/h4-6,8-9,12-13H,7,10-11,14H2,1-3H3,(H,21,26). The van der Waals surface area contributed by atoms with Gasteiger partial charge in [0.1, 0.15) is 0 Å². The normalized spacial score (nSPS) is 11.2. The Bertz CT molecular complexity index is 888. The summed E-state index contributed by atoms with van der Waals surface area (Å²) in [6.45, 7) is 4.40. The molecule has 0 saturated heterocycles. The second kappa shape index (κ2) is 8.10. The molecule has 0 aliphatic rings. The molecular formula is C20H25N5O. The summed E-state index contributed by atoms with van der Waals surface area (Å²) in [5.41, 5.74) is 3.55. The van der Waals surface area contributed by atoms with Crippen LogP contribution in [0, 0.1) is 6.92 Å². The fourth-order valence-electron chi connectivity index (χ4n) is 3.06. The second-order valence-corrected chi connectivity index (χ2v) is 6.64. The Morgan fingerprint density at radius 2 is 2.04 bits per heavy atom. The summed E-state index contributed by atoms with van der Waals surface area (Å²) in [7, 11) is 3.95. The number of carbonyl (C=O) groups is 1. The molecule has 0 spiro atoms. The Morgan fingerprint density at radius 1 is 1.27 bits per heavy atom. The number of nitrogens with one attached hydrogen (secondary N) is 1. The van der Waals surface area contributed by atoms with E-state index in [1.165, 1.54) is 5.56 Å². The van der Waals surface area contributed by atoms with E-state index in [0.717, 1.165) is 36.2 Å². The third kappa shape index (κ3) is 4.26. The largest absolute Gasteiger partial charge is 0.352 e. The maximum atomic E-state index is 12.4. The van der Waals surface area contributed by atoms with Crippen molar-refractivity contribution in [1.82, 2.24) is 25.0 Å². The number of amides is 1. The van der Waals surface area contributed by atoms with Crippen molar-refractivity contribution in [3.05, 3.63) is 59.4 Å². The smallest absolute Gasteiger partial charge is 0.252 e. The first-order chi connectivity index (χ1) is 12.5. The van der Waals surface area contributed by atoms with Gasteiger partial charge in [-0.15, -0.1) is 0 Å². The Kier molecular flexibility index (Phi) is 5.63. The van der Waals surface area contributed by atoms with E-state index >= 15 is 0 Å². The molecule has 0 bridgehead atoms. The minimum Gasteiger partial charge on any atom is -0.352 e. The maximum Gasteiger partial charge on any atom is 0.252 e. The number of pyridine rings is 1. The molecule has 1 aromatic carbocycles. The Morgan fingerprint density at radius 3 is 2.81 bits per heavy atom. The third-order valence-corrected chi connectivity index (χ3v) is 4.42. The topological polar surface area (TPSA) is 63.1 Å². The summed E-state index contributed by atoms with van der Waals surface area (Å²) in [5, 5.41) is 8.23. The zero-order valence-electron chi connectivity index (χ0n) is 15.6. The number of nitrogens with zero attached hydrogens (tertiary/aromatic N) is 4. The average Bonchev–Trinajstić information content (AvgIpc) is 2.93. The van der Waals surface area contributed by atoms with E-state index in [-0.39, 0.29) is 5.91 Å². The fraction of sp³-hybridized carbons (Fsp3) is 0.350. The molecule has 1 amide bonds. The van der Waals surface area contributed by atoms with Crippen molar-refractivity contribution in [2.24, 2.45) is 7.05 Å². The molecule has 1 N–H and O–H groups in total. The van der Waals surface area contributed by atoms with Crippen molar-refractivity contribution in [1.29, 1.82) is 0 Å².